The summed E-state index contributed by atoms with van der Waals surface area (Å²) in [6.45, 7) is 1.03. The first-order valence-electron chi connectivity index (χ1n) is 7.59. The molecule has 0 radical (unpaired) electrons. The molecule has 1 atom stereocenters. The fourth-order valence-corrected chi connectivity index (χ4v) is 2.47. The molecule has 0 N–H and O–H groups in total. The van der Waals surface area contributed by atoms with Gasteiger partial charge in [-0.1, -0.05) is 6.07 Å². The number of carbonyl (C=O) groups excluding carboxylic acids is 1. The Kier molecular flexibility index (Phi) is 4.99. The van der Waals surface area contributed by atoms with Crippen LogP contribution in [0.4, 0.5) is 0 Å². The van der Waals surface area contributed by atoms with Crippen molar-refractivity contribution < 1.29 is 19.0 Å². The summed E-state index contributed by atoms with van der Waals surface area (Å²) in [7, 11) is 1.36. The molecule has 1 aliphatic heterocycles. The zero-order valence-electron chi connectivity index (χ0n) is 13.0. The van der Waals surface area contributed by atoms with Crippen LogP contribution in [0.2, 0.25) is 0 Å². The lowest BCUT2D eigenvalue weighted by Crippen LogP contribution is -2.22. The molecule has 1 aliphatic rings. The predicted molar refractivity (Wildman–Crippen MR) is 81.1 cm³/mol. The van der Waals surface area contributed by atoms with Crippen LogP contribution in [0.15, 0.2) is 30.6 Å². The lowest BCUT2D eigenvalue weighted by atomic mass is 10.2. The van der Waals surface area contributed by atoms with Crippen LogP contribution in [0.3, 0.4) is 0 Å². The monoisotopic (exact) mass is 317 g/mol. The van der Waals surface area contributed by atoms with Gasteiger partial charge in [-0.2, -0.15) is 5.10 Å². The average Bonchev–Trinajstić information content (AvgIpc) is 3.09. The Labute approximate surface area is 134 Å². The molecule has 0 bridgehead atoms. The molecule has 1 aromatic heterocycles. The summed E-state index contributed by atoms with van der Waals surface area (Å²) in [5, 5.41) is 4.21. The van der Waals surface area contributed by atoms with Crippen molar-refractivity contribution in [2.75, 3.05) is 13.7 Å². The summed E-state index contributed by atoms with van der Waals surface area (Å²) in [4.78, 5) is 15.9. The first-order valence-corrected chi connectivity index (χ1v) is 7.59. The van der Waals surface area contributed by atoms with Crippen LogP contribution in [0, 0.1) is 0 Å². The lowest BCUT2D eigenvalue weighted by Gasteiger charge is -2.22. The molecule has 1 fully saturated rings. The number of ether oxygens (including phenoxy) is 3. The molecule has 23 heavy (non-hydrogen) atoms. The first kappa shape index (κ1) is 15.6. The van der Waals surface area contributed by atoms with Gasteiger partial charge >= 0.3 is 5.97 Å². The van der Waals surface area contributed by atoms with Crippen LogP contribution in [-0.4, -0.2) is 40.7 Å². The Hall–Kier alpha value is -2.25. The van der Waals surface area contributed by atoms with Crippen molar-refractivity contribution in [2.45, 2.75) is 32.2 Å². The predicted octanol–water partition coefficient (Wildman–Crippen LogP) is 2.10. The fraction of sp³-hybridized carbons (Fsp3) is 0.438. The first-order chi connectivity index (χ1) is 11.3. The van der Waals surface area contributed by atoms with E-state index in [1.54, 1.807) is 22.9 Å². The maximum Gasteiger partial charge on any atom is 0.337 e. The number of esters is 1. The maximum absolute atomic E-state index is 11.6. The van der Waals surface area contributed by atoms with E-state index in [0.29, 0.717) is 18.0 Å². The topological polar surface area (TPSA) is 75.5 Å². The van der Waals surface area contributed by atoms with Gasteiger partial charge in [0.2, 0.25) is 0 Å². The van der Waals surface area contributed by atoms with Gasteiger partial charge in [0.1, 0.15) is 12.9 Å². The second-order valence-electron chi connectivity index (χ2n) is 5.24. The number of rotatable bonds is 5. The molecule has 1 unspecified atom stereocenters. The summed E-state index contributed by atoms with van der Waals surface area (Å²) >= 11 is 0. The van der Waals surface area contributed by atoms with Crippen molar-refractivity contribution in [1.29, 1.82) is 0 Å². The number of aromatic nitrogens is 3. The minimum atomic E-state index is -0.389. The van der Waals surface area contributed by atoms with Gasteiger partial charge < -0.3 is 14.2 Å². The van der Waals surface area contributed by atoms with Crippen LogP contribution >= 0.6 is 0 Å². The van der Waals surface area contributed by atoms with E-state index in [1.165, 1.54) is 13.4 Å². The van der Waals surface area contributed by atoms with E-state index < -0.39 is 0 Å². The Morgan fingerprint density at radius 1 is 1.43 bits per heavy atom. The molecule has 1 aromatic carbocycles. The van der Waals surface area contributed by atoms with Gasteiger partial charge in [-0.05, 0) is 37.5 Å². The van der Waals surface area contributed by atoms with E-state index >= 15 is 0 Å². The number of hydrogen-bond donors (Lipinski definition) is 0. The van der Waals surface area contributed by atoms with Gasteiger partial charge in [-0.25, -0.2) is 14.5 Å². The molecule has 3 rings (SSSR count). The highest BCUT2D eigenvalue weighted by atomic mass is 16.7. The minimum absolute atomic E-state index is 0.185. The standard InChI is InChI=1S/C16H19N3O4/c1-21-16(20)12-5-4-6-13(9-12)19-14(17-11-18-19)10-23-15-7-2-3-8-22-15/h4-6,9,11,15H,2-3,7-8,10H2,1H3. The number of nitrogens with zero attached hydrogens (tertiary/aromatic N) is 3. The van der Waals surface area contributed by atoms with Gasteiger partial charge in [0.05, 0.1) is 18.4 Å². The molecule has 2 heterocycles. The summed E-state index contributed by atoms with van der Waals surface area (Å²) in [6.07, 6.45) is 4.36. The molecule has 7 heteroatoms. The second-order valence-corrected chi connectivity index (χ2v) is 5.24. The maximum atomic E-state index is 11.6. The van der Waals surface area contributed by atoms with Gasteiger partial charge in [0, 0.05) is 6.61 Å². The normalized spacial score (nSPS) is 17.9. The van der Waals surface area contributed by atoms with E-state index in [9.17, 15) is 4.79 Å². The zero-order chi connectivity index (χ0) is 16.1. The summed E-state index contributed by atoms with van der Waals surface area (Å²) < 4.78 is 17.7. The van der Waals surface area contributed by atoms with E-state index in [1.807, 2.05) is 6.07 Å². The van der Waals surface area contributed by atoms with Gasteiger partial charge in [-0.15, -0.1) is 0 Å². The molecule has 0 amide bonds. The number of carbonyl (C=O) groups is 1. The molecule has 0 spiro atoms. The second kappa shape index (κ2) is 7.34. The molecule has 0 saturated carbocycles. The largest absolute Gasteiger partial charge is 0.465 e. The van der Waals surface area contributed by atoms with Crippen LogP contribution in [0.25, 0.3) is 5.69 Å². The molecular formula is C16H19N3O4. The van der Waals surface area contributed by atoms with Crippen molar-refractivity contribution in [2.24, 2.45) is 0 Å². The molecule has 7 nitrogen and oxygen atoms in total. The molecule has 1 saturated heterocycles. The van der Waals surface area contributed by atoms with Crippen molar-refractivity contribution in [1.82, 2.24) is 14.8 Å². The van der Waals surface area contributed by atoms with E-state index in [-0.39, 0.29) is 12.3 Å². The Bertz CT molecular complexity index is 665. The summed E-state index contributed by atoms with van der Waals surface area (Å²) in [5.74, 6) is 0.265. The molecule has 122 valence electrons. The Balaban J connectivity index is 1.73. The lowest BCUT2D eigenvalue weighted by molar-refractivity contribution is -0.170. The Morgan fingerprint density at radius 3 is 3.13 bits per heavy atom. The van der Waals surface area contributed by atoms with E-state index in [0.717, 1.165) is 31.6 Å². The molecular weight excluding hydrogens is 298 g/mol. The third-order valence-corrected chi connectivity index (χ3v) is 3.67. The number of methoxy groups -OCH3 is 1. The zero-order valence-corrected chi connectivity index (χ0v) is 13.0. The van der Waals surface area contributed by atoms with Crippen LogP contribution in [-0.2, 0) is 20.8 Å². The summed E-state index contributed by atoms with van der Waals surface area (Å²) in [5.41, 5.74) is 1.19. The van der Waals surface area contributed by atoms with Crippen molar-refractivity contribution in [3.63, 3.8) is 0 Å². The third-order valence-electron chi connectivity index (χ3n) is 3.67. The van der Waals surface area contributed by atoms with Crippen LogP contribution < -0.4 is 0 Å². The van der Waals surface area contributed by atoms with Gasteiger partial charge in [0.25, 0.3) is 0 Å². The average molecular weight is 317 g/mol. The third kappa shape index (κ3) is 3.75. The van der Waals surface area contributed by atoms with E-state index in [2.05, 4.69) is 10.1 Å². The van der Waals surface area contributed by atoms with Crippen molar-refractivity contribution in [3.05, 3.63) is 42.0 Å². The minimum Gasteiger partial charge on any atom is -0.465 e. The van der Waals surface area contributed by atoms with Crippen LogP contribution in [0.5, 0.6) is 0 Å². The Morgan fingerprint density at radius 2 is 2.35 bits per heavy atom. The molecule has 0 aliphatic carbocycles. The fourth-order valence-electron chi connectivity index (χ4n) is 2.47. The highest BCUT2D eigenvalue weighted by Crippen LogP contribution is 2.17. The quantitative estimate of drug-likeness (QED) is 0.786. The highest BCUT2D eigenvalue weighted by molar-refractivity contribution is 5.89. The van der Waals surface area contributed by atoms with Gasteiger partial charge in [0.15, 0.2) is 12.1 Å². The van der Waals surface area contributed by atoms with Crippen molar-refractivity contribution >= 4 is 5.97 Å². The highest BCUT2D eigenvalue weighted by Gasteiger charge is 2.16. The number of benzene rings is 1. The van der Waals surface area contributed by atoms with Gasteiger partial charge in [-0.3, -0.25) is 0 Å². The number of hydrogen-bond acceptors (Lipinski definition) is 6. The van der Waals surface area contributed by atoms with Crippen LogP contribution in [0.1, 0.15) is 35.4 Å². The summed E-state index contributed by atoms with van der Waals surface area (Å²) in [6, 6.07) is 7.03. The van der Waals surface area contributed by atoms with E-state index in [4.69, 9.17) is 14.2 Å². The SMILES string of the molecule is COC(=O)c1cccc(-n2ncnc2COC2CCCCO2)c1. The molecule has 2 aromatic rings. The van der Waals surface area contributed by atoms with Crippen molar-refractivity contribution in [3.8, 4) is 5.69 Å². The smallest absolute Gasteiger partial charge is 0.337 e.